The van der Waals surface area contributed by atoms with Crippen LogP contribution in [0.4, 0.5) is 4.79 Å². The molecule has 0 saturated heterocycles. The number of nitrogens with one attached hydrogen (secondary N) is 4. The van der Waals surface area contributed by atoms with Gasteiger partial charge in [0.1, 0.15) is 18.7 Å². The number of hydrogen-bond acceptors (Lipinski definition) is 6. The van der Waals surface area contributed by atoms with Crippen molar-refractivity contribution in [1.29, 1.82) is 0 Å². The monoisotopic (exact) mass is 638 g/mol. The Labute approximate surface area is 274 Å². The average Bonchev–Trinajstić information content (AvgIpc) is 3.04. The summed E-state index contributed by atoms with van der Waals surface area (Å²) in [5.74, 6) is -0.798. The first kappa shape index (κ1) is 38.3. The van der Waals surface area contributed by atoms with Gasteiger partial charge in [-0.25, -0.2) is 4.79 Å². The van der Waals surface area contributed by atoms with Crippen molar-refractivity contribution >= 4 is 23.8 Å². The number of alkyl carbamates (subject to hydrolysis) is 1. The van der Waals surface area contributed by atoms with Gasteiger partial charge in [-0.15, -0.1) is 0 Å². The Hall–Kier alpha value is -3.92. The van der Waals surface area contributed by atoms with Crippen LogP contribution in [0, 0.1) is 11.8 Å². The molecule has 5 atom stereocenters. The normalized spacial score (nSPS) is 14.3. The summed E-state index contributed by atoms with van der Waals surface area (Å²) in [6, 6.07) is 15.9. The van der Waals surface area contributed by atoms with Gasteiger partial charge in [-0.05, 0) is 35.8 Å². The quantitative estimate of drug-likeness (QED) is 0.143. The van der Waals surface area contributed by atoms with E-state index in [-0.39, 0.29) is 31.3 Å². The van der Waals surface area contributed by atoms with Crippen LogP contribution in [0.25, 0.3) is 0 Å². The van der Waals surface area contributed by atoms with Crippen LogP contribution in [0.2, 0.25) is 0 Å². The number of carbonyl (C=O) groups excluding carboxylic acids is 4. The standard InChI is InChI=1S/C36H54N4O6/c1-6-8-19-29(34(43)39-30(20-25(3)4)32(41)22-33(42)37-23-26(5)7-2)38-35(44)31(21-27-15-11-9-12-16-27)40-36(45)46-24-28-17-13-10-14-18-28/h9-18,25-26,29-32,41H,6-8,19-24H2,1-5H3,(H,37,42)(H,38,44)(H,39,43)(H,40,45)/t26?,29-,30?,31-,32?/m0/s1. The summed E-state index contributed by atoms with van der Waals surface area (Å²) in [7, 11) is 0. The van der Waals surface area contributed by atoms with E-state index in [1.165, 1.54) is 0 Å². The highest BCUT2D eigenvalue weighted by Crippen LogP contribution is 2.13. The Balaban J connectivity index is 2.15. The maximum absolute atomic E-state index is 13.7. The minimum atomic E-state index is -1.10. The second-order valence-electron chi connectivity index (χ2n) is 12.5. The lowest BCUT2D eigenvalue weighted by molar-refractivity contribution is -0.131. The van der Waals surface area contributed by atoms with E-state index in [0.29, 0.717) is 31.7 Å². The van der Waals surface area contributed by atoms with Gasteiger partial charge in [0, 0.05) is 13.0 Å². The van der Waals surface area contributed by atoms with Gasteiger partial charge in [-0.3, -0.25) is 14.4 Å². The minimum absolute atomic E-state index is 0.0447. The van der Waals surface area contributed by atoms with Crippen molar-refractivity contribution < 1.29 is 29.0 Å². The summed E-state index contributed by atoms with van der Waals surface area (Å²) in [6.07, 6.45) is 1.41. The molecular weight excluding hydrogens is 584 g/mol. The predicted octanol–water partition coefficient (Wildman–Crippen LogP) is 4.64. The molecule has 0 aliphatic carbocycles. The highest BCUT2D eigenvalue weighted by atomic mass is 16.5. The molecule has 0 radical (unpaired) electrons. The number of ether oxygens (including phenoxy) is 1. The van der Waals surface area contributed by atoms with Gasteiger partial charge in [-0.1, -0.05) is 115 Å². The second-order valence-corrected chi connectivity index (χ2v) is 12.5. The lowest BCUT2D eigenvalue weighted by Crippen LogP contribution is -2.57. The molecule has 10 nitrogen and oxygen atoms in total. The summed E-state index contributed by atoms with van der Waals surface area (Å²) in [5.41, 5.74) is 1.64. The fourth-order valence-electron chi connectivity index (χ4n) is 4.86. The fourth-order valence-corrected chi connectivity index (χ4v) is 4.86. The Bertz CT molecular complexity index is 1190. The SMILES string of the molecule is CCCC[C@H](NC(=O)[C@H](Cc1ccccc1)NC(=O)OCc1ccccc1)C(=O)NC(CC(C)C)C(O)CC(=O)NCC(C)CC. The number of amides is 4. The molecule has 2 rings (SSSR count). The zero-order chi connectivity index (χ0) is 33.9. The Morgan fingerprint density at radius 3 is 2.00 bits per heavy atom. The van der Waals surface area contributed by atoms with Crippen LogP contribution >= 0.6 is 0 Å². The average molecular weight is 639 g/mol. The number of unbranched alkanes of at least 4 members (excludes halogenated alkanes) is 1. The van der Waals surface area contributed by atoms with E-state index in [4.69, 9.17) is 4.74 Å². The summed E-state index contributed by atoms with van der Waals surface area (Å²) in [5, 5.41) is 22.3. The molecule has 0 spiro atoms. The van der Waals surface area contributed by atoms with Crippen molar-refractivity contribution in [1.82, 2.24) is 21.3 Å². The first-order valence-electron chi connectivity index (χ1n) is 16.6. The van der Waals surface area contributed by atoms with E-state index in [0.717, 1.165) is 24.0 Å². The summed E-state index contributed by atoms with van der Waals surface area (Å²) < 4.78 is 5.38. The van der Waals surface area contributed by atoms with E-state index in [1.54, 1.807) is 0 Å². The Morgan fingerprint density at radius 1 is 0.804 bits per heavy atom. The zero-order valence-corrected chi connectivity index (χ0v) is 28.1. The van der Waals surface area contributed by atoms with E-state index in [2.05, 4.69) is 21.3 Å². The van der Waals surface area contributed by atoms with Crippen LogP contribution in [-0.4, -0.2) is 59.7 Å². The third-order valence-corrected chi connectivity index (χ3v) is 7.84. The molecule has 5 N–H and O–H groups in total. The summed E-state index contributed by atoms with van der Waals surface area (Å²) in [6.45, 7) is 10.6. The zero-order valence-electron chi connectivity index (χ0n) is 28.1. The highest BCUT2D eigenvalue weighted by molar-refractivity contribution is 5.91. The van der Waals surface area contributed by atoms with E-state index in [1.807, 2.05) is 95.3 Å². The minimum Gasteiger partial charge on any atom is -0.445 e. The summed E-state index contributed by atoms with van der Waals surface area (Å²) in [4.78, 5) is 52.6. The van der Waals surface area contributed by atoms with Gasteiger partial charge < -0.3 is 31.1 Å². The molecule has 10 heteroatoms. The van der Waals surface area contributed by atoms with Crippen LogP contribution < -0.4 is 21.3 Å². The maximum Gasteiger partial charge on any atom is 0.408 e. The maximum atomic E-state index is 13.7. The third kappa shape index (κ3) is 14.9. The van der Waals surface area contributed by atoms with Crippen molar-refractivity contribution in [3.8, 4) is 0 Å². The lowest BCUT2D eigenvalue weighted by atomic mass is 9.96. The highest BCUT2D eigenvalue weighted by Gasteiger charge is 2.31. The van der Waals surface area contributed by atoms with Crippen LogP contribution in [0.1, 0.15) is 84.3 Å². The molecule has 0 aliphatic heterocycles. The van der Waals surface area contributed by atoms with Crippen molar-refractivity contribution in [3.63, 3.8) is 0 Å². The van der Waals surface area contributed by atoms with Gasteiger partial charge in [0.25, 0.3) is 0 Å². The molecule has 0 heterocycles. The van der Waals surface area contributed by atoms with Gasteiger partial charge in [0.2, 0.25) is 17.7 Å². The smallest absolute Gasteiger partial charge is 0.408 e. The molecule has 4 amide bonds. The van der Waals surface area contributed by atoms with Crippen LogP contribution in [0.5, 0.6) is 0 Å². The molecule has 2 aromatic carbocycles. The molecular formula is C36H54N4O6. The Kier molecular flexibility index (Phi) is 17.5. The lowest BCUT2D eigenvalue weighted by Gasteiger charge is -2.29. The van der Waals surface area contributed by atoms with Gasteiger partial charge >= 0.3 is 6.09 Å². The number of carbonyl (C=O) groups is 4. The topological polar surface area (TPSA) is 146 Å². The predicted molar refractivity (Wildman–Crippen MR) is 180 cm³/mol. The van der Waals surface area contributed by atoms with E-state index >= 15 is 0 Å². The van der Waals surface area contributed by atoms with Crippen molar-refractivity contribution in [2.24, 2.45) is 11.8 Å². The molecule has 46 heavy (non-hydrogen) atoms. The molecule has 3 unspecified atom stereocenters. The van der Waals surface area contributed by atoms with E-state index < -0.39 is 42.1 Å². The molecule has 0 aromatic heterocycles. The van der Waals surface area contributed by atoms with Gasteiger partial charge in [-0.2, -0.15) is 0 Å². The van der Waals surface area contributed by atoms with Gasteiger partial charge in [0.15, 0.2) is 0 Å². The van der Waals surface area contributed by atoms with E-state index in [9.17, 15) is 24.3 Å². The summed E-state index contributed by atoms with van der Waals surface area (Å²) >= 11 is 0. The number of aliphatic hydroxyl groups is 1. The number of benzene rings is 2. The number of hydrogen-bond donors (Lipinski definition) is 5. The third-order valence-electron chi connectivity index (χ3n) is 7.84. The largest absolute Gasteiger partial charge is 0.445 e. The molecule has 0 saturated carbocycles. The number of rotatable bonds is 20. The number of aliphatic hydroxyl groups excluding tert-OH is 1. The first-order chi connectivity index (χ1) is 22.0. The van der Waals surface area contributed by atoms with Crippen molar-refractivity contribution in [2.75, 3.05) is 6.54 Å². The van der Waals surface area contributed by atoms with Crippen molar-refractivity contribution in [2.45, 2.75) is 110 Å². The van der Waals surface area contributed by atoms with Crippen molar-refractivity contribution in [3.05, 3.63) is 71.8 Å². The molecule has 0 bridgehead atoms. The van der Waals surface area contributed by atoms with Crippen LogP contribution in [0.15, 0.2) is 60.7 Å². The second kappa shape index (κ2) is 21.0. The first-order valence-corrected chi connectivity index (χ1v) is 16.6. The molecule has 0 aliphatic rings. The molecule has 2 aromatic rings. The van der Waals surface area contributed by atoms with Gasteiger partial charge in [0.05, 0.1) is 18.6 Å². The molecule has 0 fully saturated rings. The molecule has 254 valence electrons. The van der Waals surface area contributed by atoms with Crippen LogP contribution in [0.3, 0.4) is 0 Å². The Morgan fingerprint density at radius 2 is 1.41 bits per heavy atom. The fraction of sp³-hybridized carbons (Fsp3) is 0.556. The van der Waals surface area contributed by atoms with Crippen LogP contribution in [-0.2, 0) is 32.1 Å².